The molecular weight excluding hydrogens is 204 g/mol. The van der Waals surface area contributed by atoms with Gasteiger partial charge in [-0.1, -0.05) is 0 Å². The fourth-order valence-electron chi connectivity index (χ4n) is 1.74. The summed E-state index contributed by atoms with van der Waals surface area (Å²) < 4.78 is 0. The van der Waals surface area contributed by atoms with Crippen molar-refractivity contribution in [3.05, 3.63) is 30.0 Å². The lowest BCUT2D eigenvalue weighted by atomic mass is 10.1. The third-order valence-corrected chi connectivity index (χ3v) is 2.70. The molecule has 0 aliphatic rings. The van der Waals surface area contributed by atoms with E-state index in [4.69, 9.17) is 5.11 Å². The Morgan fingerprint density at radius 2 is 2.31 bits per heavy atom. The zero-order valence-electron chi connectivity index (χ0n) is 9.10. The minimum atomic E-state index is 0.113. The molecule has 0 saturated heterocycles. The van der Waals surface area contributed by atoms with Gasteiger partial charge in [0.2, 0.25) is 0 Å². The number of hydrogen-bond donors (Lipinski definition) is 2. The van der Waals surface area contributed by atoms with Gasteiger partial charge in [-0.15, -0.1) is 0 Å². The van der Waals surface area contributed by atoms with Crippen LogP contribution in [0.5, 0.6) is 0 Å². The van der Waals surface area contributed by atoms with Gasteiger partial charge in [-0.3, -0.25) is 4.79 Å². The van der Waals surface area contributed by atoms with Crippen LogP contribution in [0.1, 0.15) is 10.4 Å². The molecule has 0 spiro atoms. The summed E-state index contributed by atoms with van der Waals surface area (Å²) in [5.74, 6) is 0. The molecule has 1 aromatic carbocycles. The highest BCUT2D eigenvalue weighted by atomic mass is 16.3. The number of hydrogen-bond acceptors (Lipinski definition) is 3. The molecule has 0 saturated carbocycles. The Morgan fingerprint density at radius 1 is 1.50 bits per heavy atom. The van der Waals surface area contributed by atoms with Gasteiger partial charge in [0, 0.05) is 41.9 Å². The van der Waals surface area contributed by atoms with Gasteiger partial charge in [-0.2, -0.15) is 0 Å². The van der Waals surface area contributed by atoms with Crippen LogP contribution in [0.15, 0.2) is 24.4 Å². The molecule has 0 unspecified atom stereocenters. The topological polar surface area (TPSA) is 56.3 Å². The van der Waals surface area contributed by atoms with Crippen molar-refractivity contribution in [1.82, 2.24) is 4.98 Å². The Bertz CT molecular complexity index is 505. The van der Waals surface area contributed by atoms with Crippen LogP contribution >= 0.6 is 0 Å². The second-order valence-corrected chi connectivity index (χ2v) is 3.74. The first-order valence-electron chi connectivity index (χ1n) is 5.14. The van der Waals surface area contributed by atoms with E-state index in [1.54, 1.807) is 6.20 Å². The fraction of sp³-hybridized carbons (Fsp3) is 0.250. The van der Waals surface area contributed by atoms with Gasteiger partial charge in [0.25, 0.3) is 0 Å². The molecule has 2 rings (SSSR count). The maximum atomic E-state index is 10.8. The van der Waals surface area contributed by atoms with Crippen LogP contribution < -0.4 is 4.90 Å². The summed E-state index contributed by atoms with van der Waals surface area (Å²) in [4.78, 5) is 15.8. The van der Waals surface area contributed by atoms with Crippen molar-refractivity contribution in [3.8, 4) is 0 Å². The summed E-state index contributed by atoms with van der Waals surface area (Å²) in [6.45, 7) is 0.689. The molecule has 16 heavy (non-hydrogen) atoms. The summed E-state index contributed by atoms with van der Waals surface area (Å²) in [7, 11) is 1.91. The van der Waals surface area contributed by atoms with Crippen molar-refractivity contribution in [3.63, 3.8) is 0 Å². The van der Waals surface area contributed by atoms with Gasteiger partial charge in [0.05, 0.1) is 6.61 Å². The number of benzene rings is 1. The molecule has 0 radical (unpaired) electrons. The minimum Gasteiger partial charge on any atom is -0.395 e. The van der Waals surface area contributed by atoms with Crippen molar-refractivity contribution < 1.29 is 9.90 Å². The average Bonchev–Trinajstić information content (AvgIpc) is 2.71. The van der Waals surface area contributed by atoms with E-state index in [0.29, 0.717) is 12.1 Å². The van der Waals surface area contributed by atoms with Gasteiger partial charge in [-0.05, 0) is 18.2 Å². The van der Waals surface area contributed by atoms with E-state index < -0.39 is 0 Å². The van der Waals surface area contributed by atoms with Crippen LogP contribution in [0.25, 0.3) is 10.9 Å². The molecule has 0 aliphatic carbocycles. The molecule has 0 atom stereocenters. The number of likely N-dealkylation sites (N-methyl/N-ethyl adjacent to an activating group) is 1. The van der Waals surface area contributed by atoms with Gasteiger partial charge in [0.15, 0.2) is 6.29 Å². The second-order valence-electron chi connectivity index (χ2n) is 3.74. The van der Waals surface area contributed by atoms with Crippen LogP contribution in [0, 0.1) is 0 Å². The second kappa shape index (κ2) is 4.37. The van der Waals surface area contributed by atoms with E-state index >= 15 is 0 Å². The zero-order valence-corrected chi connectivity index (χ0v) is 9.10. The lowest BCUT2D eigenvalue weighted by molar-refractivity contribution is 0.112. The van der Waals surface area contributed by atoms with E-state index in [2.05, 4.69) is 4.98 Å². The SMILES string of the molecule is CN(CCO)c1ccc2[nH]cc(C=O)c2c1. The minimum absolute atomic E-state index is 0.113. The molecule has 0 amide bonds. The van der Waals surface area contributed by atoms with Gasteiger partial charge < -0.3 is 15.0 Å². The van der Waals surface area contributed by atoms with Crippen LogP contribution in [0.4, 0.5) is 5.69 Å². The number of fused-ring (bicyclic) bond motifs is 1. The summed E-state index contributed by atoms with van der Waals surface area (Å²) in [6, 6.07) is 5.85. The molecular formula is C12H14N2O2. The highest BCUT2D eigenvalue weighted by molar-refractivity contribution is 5.98. The molecule has 2 aromatic rings. The quantitative estimate of drug-likeness (QED) is 0.763. The molecule has 1 aromatic heterocycles. The van der Waals surface area contributed by atoms with Crippen molar-refractivity contribution in [2.75, 3.05) is 25.1 Å². The first-order valence-corrected chi connectivity index (χ1v) is 5.14. The summed E-state index contributed by atoms with van der Waals surface area (Å²) >= 11 is 0. The van der Waals surface area contributed by atoms with E-state index in [-0.39, 0.29) is 6.61 Å². The third kappa shape index (κ3) is 1.79. The largest absolute Gasteiger partial charge is 0.395 e. The number of aldehydes is 1. The predicted molar refractivity (Wildman–Crippen MR) is 64.0 cm³/mol. The molecule has 0 bridgehead atoms. The molecule has 2 N–H and O–H groups in total. The van der Waals surface area contributed by atoms with E-state index in [0.717, 1.165) is 22.9 Å². The van der Waals surface area contributed by atoms with Crippen molar-refractivity contribution >= 4 is 22.9 Å². The van der Waals surface area contributed by atoms with Crippen LogP contribution in [-0.2, 0) is 0 Å². The van der Waals surface area contributed by atoms with E-state index in [1.165, 1.54) is 0 Å². The lowest BCUT2D eigenvalue weighted by Gasteiger charge is -2.17. The van der Waals surface area contributed by atoms with Crippen LogP contribution in [-0.4, -0.2) is 36.6 Å². The maximum Gasteiger partial charge on any atom is 0.152 e. The Morgan fingerprint density at radius 3 is 3.00 bits per heavy atom. The standard InChI is InChI=1S/C12H14N2O2/c1-14(4-5-15)10-2-3-12-11(6-10)9(8-16)7-13-12/h2-3,6-8,13,15H,4-5H2,1H3. The van der Waals surface area contributed by atoms with Gasteiger partial charge >= 0.3 is 0 Å². The Balaban J connectivity index is 2.45. The molecule has 4 nitrogen and oxygen atoms in total. The number of aromatic amines is 1. The van der Waals surface area contributed by atoms with Crippen LogP contribution in [0.2, 0.25) is 0 Å². The van der Waals surface area contributed by atoms with Gasteiger partial charge in [-0.25, -0.2) is 0 Å². The summed E-state index contributed by atoms with van der Waals surface area (Å²) in [5.41, 5.74) is 2.60. The number of nitrogens with one attached hydrogen (secondary N) is 1. The van der Waals surface area contributed by atoms with E-state index in [1.807, 2.05) is 30.1 Å². The third-order valence-electron chi connectivity index (χ3n) is 2.70. The first-order chi connectivity index (χ1) is 7.76. The zero-order chi connectivity index (χ0) is 11.5. The van der Waals surface area contributed by atoms with E-state index in [9.17, 15) is 4.79 Å². The monoisotopic (exact) mass is 218 g/mol. The number of H-pyrrole nitrogens is 1. The maximum absolute atomic E-state index is 10.8. The molecule has 0 fully saturated rings. The number of nitrogens with zero attached hydrogens (tertiary/aromatic N) is 1. The smallest absolute Gasteiger partial charge is 0.152 e. The van der Waals surface area contributed by atoms with Crippen molar-refractivity contribution in [1.29, 1.82) is 0 Å². The highest BCUT2D eigenvalue weighted by Crippen LogP contribution is 2.23. The predicted octanol–water partition coefficient (Wildman–Crippen LogP) is 1.41. The number of anilines is 1. The number of aliphatic hydroxyl groups excluding tert-OH is 1. The normalized spacial score (nSPS) is 10.6. The van der Waals surface area contributed by atoms with Gasteiger partial charge in [0.1, 0.15) is 0 Å². The average molecular weight is 218 g/mol. The number of aliphatic hydroxyl groups is 1. The first kappa shape index (κ1) is 10.7. The molecule has 84 valence electrons. The Kier molecular flexibility index (Phi) is 2.92. The highest BCUT2D eigenvalue weighted by Gasteiger charge is 2.05. The number of rotatable bonds is 4. The van der Waals surface area contributed by atoms with Crippen LogP contribution in [0.3, 0.4) is 0 Å². The number of aromatic nitrogens is 1. The molecule has 1 heterocycles. The lowest BCUT2D eigenvalue weighted by Crippen LogP contribution is -2.20. The molecule has 0 aliphatic heterocycles. The number of carbonyl (C=O) groups excluding carboxylic acids is 1. The molecule has 4 heteroatoms. The van der Waals surface area contributed by atoms with Crippen molar-refractivity contribution in [2.45, 2.75) is 0 Å². The summed E-state index contributed by atoms with van der Waals surface area (Å²) in [6.07, 6.45) is 2.54. The van der Waals surface area contributed by atoms with Crippen molar-refractivity contribution in [2.24, 2.45) is 0 Å². The summed E-state index contributed by atoms with van der Waals surface area (Å²) in [5, 5.41) is 9.78. The Hall–Kier alpha value is -1.81. The Labute approximate surface area is 93.5 Å². The number of carbonyl (C=O) groups is 1. The fourth-order valence-corrected chi connectivity index (χ4v) is 1.74.